The van der Waals surface area contributed by atoms with Gasteiger partial charge in [-0.25, -0.2) is 0 Å². The van der Waals surface area contributed by atoms with Gasteiger partial charge >= 0.3 is 0 Å². The maximum Gasteiger partial charge on any atom is 0.260 e. The van der Waals surface area contributed by atoms with Crippen molar-refractivity contribution in [1.82, 2.24) is 4.98 Å². The van der Waals surface area contributed by atoms with Crippen molar-refractivity contribution in [1.29, 1.82) is 0 Å². The van der Waals surface area contributed by atoms with Gasteiger partial charge in [0.05, 0.1) is 17.4 Å². The lowest BCUT2D eigenvalue weighted by molar-refractivity contribution is 0.0989. The van der Waals surface area contributed by atoms with Gasteiger partial charge in [-0.3, -0.25) is 9.78 Å². The number of carbonyl (C=O) groups is 1. The van der Waals surface area contributed by atoms with E-state index < -0.39 is 0 Å². The second-order valence-corrected chi connectivity index (χ2v) is 4.56. The lowest BCUT2D eigenvalue weighted by atomic mass is 10.1. The number of nitrogens with zero attached hydrogens (tertiary/aromatic N) is 2. The molecule has 0 saturated carbocycles. The van der Waals surface area contributed by atoms with Crippen molar-refractivity contribution < 1.29 is 4.79 Å². The van der Waals surface area contributed by atoms with Crippen LogP contribution in [0.3, 0.4) is 0 Å². The van der Waals surface area contributed by atoms with E-state index in [9.17, 15) is 4.79 Å². The molecule has 20 heavy (non-hydrogen) atoms. The number of rotatable bonds is 4. The molecule has 0 spiro atoms. The van der Waals surface area contributed by atoms with E-state index in [4.69, 9.17) is 0 Å². The zero-order valence-electron chi connectivity index (χ0n) is 12.1. The molecule has 2 aromatic rings. The van der Waals surface area contributed by atoms with Crippen molar-refractivity contribution in [2.75, 3.05) is 23.8 Å². The Labute approximate surface area is 119 Å². The number of anilines is 2. The van der Waals surface area contributed by atoms with E-state index in [1.54, 1.807) is 30.4 Å². The van der Waals surface area contributed by atoms with Crippen molar-refractivity contribution >= 4 is 17.3 Å². The lowest BCUT2D eigenvalue weighted by Gasteiger charge is -2.22. The molecule has 0 aliphatic carbocycles. The van der Waals surface area contributed by atoms with E-state index in [2.05, 4.69) is 10.3 Å². The molecule has 0 unspecified atom stereocenters. The third kappa shape index (κ3) is 2.79. The Bertz CT molecular complexity index is 610. The Balaban J connectivity index is 2.39. The Morgan fingerprint density at radius 3 is 2.80 bits per heavy atom. The molecule has 0 radical (unpaired) electrons. The first kappa shape index (κ1) is 14.1. The average Bonchev–Trinajstić information content (AvgIpc) is 2.48. The first-order valence-corrected chi connectivity index (χ1v) is 6.67. The molecular weight excluding hydrogens is 250 g/mol. The molecule has 4 nitrogen and oxygen atoms in total. The molecule has 1 aromatic carbocycles. The Hall–Kier alpha value is -2.36. The standard InChI is InChI=1S/C16H19N3O/c1-4-19(13-7-5-6-12(2)10-13)16(20)14-8-9-18-11-15(14)17-3/h5-11,17H,4H2,1-3H3. The van der Waals surface area contributed by atoms with Gasteiger partial charge in [0.15, 0.2) is 0 Å². The maximum atomic E-state index is 12.7. The van der Waals surface area contributed by atoms with Gasteiger partial charge in [-0.15, -0.1) is 0 Å². The fourth-order valence-corrected chi connectivity index (χ4v) is 2.16. The second kappa shape index (κ2) is 6.19. The van der Waals surface area contributed by atoms with Gasteiger partial charge in [-0.1, -0.05) is 12.1 Å². The van der Waals surface area contributed by atoms with Gasteiger partial charge in [0.2, 0.25) is 0 Å². The smallest absolute Gasteiger partial charge is 0.260 e. The summed E-state index contributed by atoms with van der Waals surface area (Å²) in [5.41, 5.74) is 3.42. The molecule has 1 amide bonds. The number of pyridine rings is 1. The molecule has 1 N–H and O–H groups in total. The van der Waals surface area contributed by atoms with E-state index in [1.165, 1.54) is 0 Å². The largest absolute Gasteiger partial charge is 0.386 e. The van der Waals surface area contributed by atoms with Crippen LogP contribution in [-0.4, -0.2) is 24.5 Å². The summed E-state index contributed by atoms with van der Waals surface area (Å²) in [6, 6.07) is 9.70. The topological polar surface area (TPSA) is 45.2 Å². The Kier molecular flexibility index (Phi) is 4.35. The molecule has 0 saturated heterocycles. The Morgan fingerprint density at radius 1 is 1.35 bits per heavy atom. The summed E-state index contributed by atoms with van der Waals surface area (Å²) < 4.78 is 0. The average molecular weight is 269 g/mol. The summed E-state index contributed by atoms with van der Waals surface area (Å²) in [6.07, 6.45) is 3.30. The number of carbonyl (C=O) groups excluding carboxylic acids is 1. The van der Waals surface area contributed by atoms with Crippen LogP contribution in [-0.2, 0) is 0 Å². The van der Waals surface area contributed by atoms with Crippen LogP contribution in [0.25, 0.3) is 0 Å². The number of aryl methyl sites for hydroxylation is 1. The van der Waals surface area contributed by atoms with Crippen LogP contribution in [0.2, 0.25) is 0 Å². The number of hydrogen-bond acceptors (Lipinski definition) is 3. The molecule has 0 aliphatic rings. The number of amides is 1. The summed E-state index contributed by atoms with van der Waals surface area (Å²) >= 11 is 0. The van der Waals surface area contributed by atoms with Gasteiger partial charge in [-0.2, -0.15) is 0 Å². The monoisotopic (exact) mass is 269 g/mol. The van der Waals surface area contributed by atoms with Crippen molar-refractivity contribution in [3.05, 3.63) is 53.9 Å². The third-order valence-electron chi connectivity index (χ3n) is 3.20. The SMILES string of the molecule is CCN(C(=O)c1ccncc1NC)c1cccc(C)c1. The van der Waals surface area contributed by atoms with Crippen LogP contribution in [0, 0.1) is 6.92 Å². The number of aromatic nitrogens is 1. The second-order valence-electron chi connectivity index (χ2n) is 4.56. The number of benzene rings is 1. The molecule has 0 aliphatic heterocycles. The minimum Gasteiger partial charge on any atom is -0.386 e. The zero-order chi connectivity index (χ0) is 14.5. The summed E-state index contributed by atoms with van der Waals surface area (Å²) in [4.78, 5) is 18.5. The van der Waals surface area contributed by atoms with Gasteiger partial charge in [0.25, 0.3) is 5.91 Å². The van der Waals surface area contributed by atoms with E-state index in [0.29, 0.717) is 12.1 Å². The fraction of sp³-hybridized carbons (Fsp3) is 0.250. The maximum absolute atomic E-state index is 12.7. The van der Waals surface area contributed by atoms with Crippen LogP contribution in [0.4, 0.5) is 11.4 Å². The first-order valence-electron chi connectivity index (χ1n) is 6.67. The van der Waals surface area contributed by atoms with Gasteiger partial charge < -0.3 is 10.2 Å². The number of nitrogens with one attached hydrogen (secondary N) is 1. The van der Waals surface area contributed by atoms with Crippen LogP contribution in [0.5, 0.6) is 0 Å². The van der Waals surface area contributed by atoms with Crippen molar-refractivity contribution in [2.45, 2.75) is 13.8 Å². The normalized spacial score (nSPS) is 10.2. The summed E-state index contributed by atoms with van der Waals surface area (Å²) in [5.74, 6) is -0.0233. The molecular formula is C16H19N3O. The highest BCUT2D eigenvalue weighted by molar-refractivity contribution is 6.09. The number of hydrogen-bond donors (Lipinski definition) is 1. The van der Waals surface area contributed by atoms with E-state index >= 15 is 0 Å². The highest BCUT2D eigenvalue weighted by Gasteiger charge is 2.18. The molecule has 2 rings (SSSR count). The van der Waals surface area contributed by atoms with Crippen LogP contribution >= 0.6 is 0 Å². The van der Waals surface area contributed by atoms with Gasteiger partial charge in [0, 0.05) is 25.5 Å². The van der Waals surface area contributed by atoms with E-state index in [-0.39, 0.29) is 5.91 Å². The van der Waals surface area contributed by atoms with Crippen LogP contribution in [0.1, 0.15) is 22.8 Å². The molecule has 4 heteroatoms. The van der Waals surface area contributed by atoms with E-state index in [1.807, 2.05) is 38.1 Å². The molecule has 0 atom stereocenters. The predicted molar refractivity (Wildman–Crippen MR) is 82.3 cm³/mol. The molecule has 1 aromatic heterocycles. The highest BCUT2D eigenvalue weighted by Crippen LogP contribution is 2.21. The summed E-state index contributed by atoms with van der Waals surface area (Å²) in [6.45, 7) is 4.61. The van der Waals surface area contributed by atoms with Gasteiger partial charge in [0.1, 0.15) is 0 Å². The molecule has 104 valence electrons. The van der Waals surface area contributed by atoms with Crippen molar-refractivity contribution in [3.8, 4) is 0 Å². The minimum absolute atomic E-state index is 0.0233. The predicted octanol–water partition coefficient (Wildman–Crippen LogP) is 3.10. The van der Waals surface area contributed by atoms with Crippen LogP contribution in [0.15, 0.2) is 42.7 Å². The Morgan fingerprint density at radius 2 is 2.15 bits per heavy atom. The summed E-state index contributed by atoms with van der Waals surface area (Å²) in [7, 11) is 1.79. The molecule has 0 bridgehead atoms. The van der Waals surface area contributed by atoms with E-state index in [0.717, 1.165) is 16.9 Å². The zero-order valence-corrected chi connectivity index (χ0v) is 12.1. The molecule has 0 fully saturated rings. The lowest BCUT2D eigenvalue weighted by Crippen LogP contribution is -2.31. The quantitative estimate of drug-likeness (QED) is 0.927. The fourth-order valence-electron chi connectivity index (χ4n) is 2.16. The minimum atomic E-state index is -0.0233. The van der Waals surface area contributed by atoms with Crippen LogP contribution < -0.4 is 10.2 Å². The third-order valence-corrected chi connectivity index (χ3v) is 3.20. The van der Waals surface area contributed by atoms with Gasteiger partial charge in [-0.05, 0) is 37.6 Å². The first-order chi connectivity index (χ1) is 9.67. The van der Waals surface area contributed by atoms with Crippen molar-refractivity contribution in [2.24, 2.45) is 0 Å². The summed E-state index contributed by atoms with van der Waals surface area (Å²) in [5, 5.41) is 3.01. The highest BCUT2D eigenvalue weighted by atomic mass is 16.2. The van der Waals surface area contributed by atoms with Crippen molar-refractivity contribution in [3.63, 3.8) is 0 Å². The molecule has 1 heterocycles.